The van der Waals surface area contributed by atoms with Gasteiger partial charge in [-0.05, 0) is 47.6 Å². The Morgan fingerprint density at radius 1 is 1.24 bits per heavy atom. The number of likely N-dealkylation sites (tertiary alicyclic amines) is 1. The number of carbonyl (C=O) groups is 2. The van der Waals surface area contributed by atoms with Crippen LogP contribution in [-0.4, -0.2) is 33.6 Å². The molecular weight excluding hydrogens is 516 g/mol. The maximum atomic E-state index is 15.7. The van der Waals surface area contributed by atoms with E-state index in [2.05, 4.69) is 41.6 Å². The number of aromatic nitrogens is 2. The summed E-state index contributed by atoms with van der Waals surface area (Å²) in [5.41, 5.74) is 0.765. The lowest BCUT2D eigenvalue weighted by molar-refractivity contribution is -0.123. The summed E-state index contributed by atoms with van der Waals surface area (Å²) in [7, 11) is 0. The van der Waals surface area contributed by atoms with E-state index >= 15 is 4.39 Å². The summed E-state index contributed by atoms with van der Waals surface area (Å²) in [5, 5.41) is 13.0. The molecule has 3 unspecified atom stereocenters. The number of halogens is 3. The first-order valence-electron chi connectivity index (χ1n) is 12.1. The fourth-order valence-electron chi connectivity index (χ4n) is 5.93. The van der Waals surface area contributed by atoms with E-state index in [0.717, 1.165) is 5.69 Å². The van der Waals surface area contributed by atoms with Crippen molar-refractivity contribution in [2.75, 3.05) is 11.9 Å². The maximum absolute atomic E-state index is 15.7. The van der Waals surface area contributed by atoms with Gasteiger partial charge in [0, 0.05) is 29.0 Å². The molecule has 3 heterocycles. The third-order valence-electron chi connectivity index (χ3n) is 7.24. The highest BCUT2D eigenvalue weighted by atomic mass is 35.5. The lowest BCUT2D eigenvalue weighted by atomic mass is 9.63. The Morgan fingerprint density at radius 2 is 2.03 bits per heavy atom. The van der Waals surface area contributed by atoms with Crippen LogP contribution in [0.2, 0.25) is 10.0 Å². The van der Waals surface area contributed by atoms with Gasteiger partial charge in [-0.3, -0.25) is 9.89 Å². The molecule has 0 aliphatic carbocycles. The van der Waals surface area contributed by atoms with Crippen molar-refractivity contribution < 1.29 is 14.0 Å². The molecule has 1 fully saturated rings. The van der Waals surface area contributed by atoms with Crippen LogP contribution in [0.3, 0.4) is 0 Å². The molecule has 2 aromatic carbocycles. The zero-order chi connectivity index (χ0) is 26.5. The number of benzene rings is 2. The fourth-order valence-corrected chi connectivity index (χ4v) is 6.28. The zero-order valence-electron chi connectivity index (χ0n) is 20.7. The summed E-state index contributed by atoms with van der Waals surface area (Å²) in [5.74, 6) is -1.24. The molecule has 1 aromatic heterocycles. The van der Waals surface area contributed by atoms with Crippen LogP contribution in [-0.2, 0) is 16.8 Å². The molecule has 3 aromatic rings. The van der Waals surface area contributed by atoms with Gasteiger partial charge in [-0.1, -0.05) is 62.2 Å². The van der Waals surface area contributed by atoms with E-state index in [4.69, 9.17) is 23.2 Å². The summed E-state index contributed by atoms with van der Waals surface area (Å²) in [6.07, 6.45) is 2.21. The number of anilines is 1. The summed E-state index contributed by atoms with van der Waals surface area (Å²) < 4.78 is 15.7. The molecule has 3 amide bonds. The average Bonchev–Trinajstić information content (AvgIpc) is 3.52. The first-order valence-corrected chi connectivity index (χ1v) is 12.9. The van der Waals surface area contributed by atoms with Crippen molar-refractivity contribution in [1.82, 2.24) is 20.4 Å². The van der Waals surface area contributed by atoms with Gasteiger partial charge < -0.3 is 15.5 Å². The molecule has 10 heteroatoms. The number of aromatic amines is 1. The van der Waals surface area contributed by atoms with Gasteiger partial charge in [-0.25, -0.2) is 9.18 Å². The standard InChI is InChI=1S/C27H28Cl2FN5O2/c1-26(2,3)12-15-14-35(25(37)31-13-17-9-10-32-34-17)23(18-5-4-6-20(29)22(18)30)27(15)19-8-7-16(28)11-21(19)33-24(27)36/h4-11,15,23H,12-14H2,1-3H3,(H,31,37)(H,32,34)(H,33,36). The normalized spacial score (nSPS) is 22.9. The zero-order valence-corrected chi connectivity index (χ0v) is 22.3. The Labute approximate surface area is 224 Å². The highest BCUT2D eigenvalue weighted by Crippen LogP contribution is 2.60. The van der Waals surface area contributed by atoms with Crippen molar-refractivity contribution in [2.24, 2.45) is 11.3 Å². The summed E-state index contributed by atoms with van der Waals surface area (Å²) in [6, 6.07) is 10.3. The Bertz CT molecular complexity index is 1360. The smallest absolute Gasteiger partial charge is 0.318 e. The van der Waals surface area contributed by atoms with Gasteiger partial charge in [-0.15, -0.1) is 0 Å². The van der Waals surface area contributed by atoms with Gasteiger partial charge in [-0.2, -0.15) is 5.10 Å². The number of carbonyl (C=O) groups excluding carboxylic acids is 2. The average molecular weight is 544 g/mol. The molecule has 2 aliphatic rings. The van der Waals surface area contributed by atoms with Crippen LogP contribution in [0.15, 0.2) is 48.7 Å². The largest absolute Gasteiger partial charge is 0.332 e. The molecule has 1 spiro atoms. The molecule has 2 aliphatic heterocycles. The van der Waals surface area contributed by atoms with Crippen molar-refractivity contribution in [3.63, 3.8) is 0 Å². The highest BCUT2D eigenvalue weighted by molar-refractivity contribution is 6.31. The number of H-pyrrole nitrogens is 1. The number of amides is 3. The molecule has 194 valence electrons. The van der Waals surface area contributed by atoms with Crippen molar-refractivity contribution in [3.8, 4) is 0 Å². The van der Waals surface area contributed by atoms with E-state index in [1.807, 2.05) is 6.07 Å². The third kappa shape index (κ3) is 4.36. The van der Waals surface area contributed by atoms with E-state index < -0.39 is 23.3 Å². The predicted octanol–water partition coefficient (Wildman–Crippen LogP) is 6.06. The van der Waals surface area contributed by atoms with Crippen LogP contribution in [0.4, 0.5) is 14.9 Å². The molecule has 0 radical (unpaired) electrons. The number of rotatable bonds is 4. The van der Waals surface area contributed by atoms with E-state index in [1.165, 1.54) is 6.07 Å². The third-order valence-corrected chi connectivity index (χ3v) is 7.77. The minimum absolute atomic E-state index is 0.0699. The van der Waals surface area contributed by atoms with Gasteiger partial charge in [0.2, 0.25) is 5.91 Å². The Kier molecular flexibility index (Phi) is 6.44. The Balaban J connectivity index is 1.70. The van der Waals surface area contributed by atoms with Gasteiger partial charge in [0.05, 0.1) is 23.3 Å². The van der Waals surface area contributed by atoms with Crippen LogP contribution in [0.25, 0.3) is 0 Å². The second-order valence-electron chi connectivity index (χ2n) is 10.9. The van der Waals surface area contributed by atoms with Crippen LogP contribution in [0, 0.1) is 17.2 Å². The number of nitrogens with one attached hydrogen (secondary N) is 3. The first-order chi connectivity index (χ1) is 17.5. The highest BCUT2D eigenvalue weighted by Gasteiger charge is 2.65. The SMILES string of the molecule is CC(C)(C)CC1CN(C(=O)NCc2ccn[nH]2)C(c2cccc(Cl)c2F)C12C(=O)Nc1cc(Cl)ccc12. The molecule has 7 nitrogen and oxygen atoms in total. The van der Waals surface area contributed by atoms with Gasteiger partial charge in [0.1, 0.15) is 11.2 Å². The van der Waals surface area contributed by atoms with Crippen LogP contribution in [0.5, 0.6) is 0 Å². The minimum atomic E-state index is -1.25. The van der Waals surface area contributed by atoms with Gasteiger partial charge in [0.25, 0.3) is 0 Å². The van der Waals surface area contributed by atoms with Crippen LogP contribution < -0.4 is 10.6 Å². The van der Waals surface area contributed by atoms with E-state index in [-0.39, 0.29) is 40.9 Å². The van der Waals surface area contributed by atoms with Crippen molar-refractivity contribution in [1.29, 1.82) is 0 Å². The molecule has 0 saturated carbocycles. The van der Waals surface area contributed by atoms with E-state index in [0.29, 0.717) is 22.7 Å². The molecule has 1 saturated heterocycles. The molecule has 5 rings (SSSR count). The number of hydrogen-bond donors (Lipinski definition) is 3. The monoisotopic (exact) mass is 543 g/mol. The predicted molar refractivity (Wildman–Crippen MR) is 141 cm³/mol. The summed E-state index contributed by atoms with van der Waals surface area (Å²) in [6.45, 7) is 6.72. The molecule has 3 atom stereocenters. The number of hydrogen-bond acceptors (Lipinski definition) is 3. The molecule has 3 N–H and O–H groups in total. The first kappa shape index (κ1) is 25.5. The summed E-state index contributed by atoms with van der Waals surface area (Å²) >= 11 is 12.5. The van der Waals surface area contributed by atoms with Crippen LogP contribution >= 0.6 is 23.2 Å². The Morgan fingerprint density at radius 3 is 2.73 bits per heavy atom. The second-order valence-corrected chi connectivity index (χ2v) is 11.8. The quantitative estimate of drug-likeness (QED) is 0.373. The van der Waals surface area contributed by atoms with Crippen molar-refractivity contribution in [3.05, 3.63) is 81.3 Å². The lowest BCUT2D eigenvalue weighted by Gasteiger charge is -2.38. The lowest BCUT2D eigenvalue weighted by Crippen LogP contribution is -2.47. The fraction of sp³-hybridized carbons (Fsp3) is 0.370. The summed E-state index contributed by atoms with van der Waals surface area (Å²) in [4.78, 5) is 29.4. The number of urea groups is 1. The second kappa shape index (κ2) is 9.33. The van der Waals surface area contributed by atoms with Gasteiger partial charge >= 0.3 is 6.03 Å². The van der Waals surface area contributed by atoms with E-state index in [1.54, 1.807) is 41.4 Å². The van der Waals surface area contributed by atoms with E-state index in [9.17, 15) is 9.59 Å². The van der Waals surface area contributed by atoms with Gasteiger partial charge in [0.15, 0.2) is 0 Å². The topological polar surface area (TPSA) is 90.1 Å². The van der Waals surface area contributed by atoms with Crippen molar-refractivity contribution in [2.45, 2.75) is 45.2 Å². The molecule has 37 heavy (non-hydrogen) atoms. The number of nitrogens with zero attached hydrogens (tertiary/aromatic N) is 2. The Hall–Kier alpha value is -3.10. The molecular formula is C27H28Cl2FN5O2. The van der Waals surface area contributed by atoms with Crippen LogP contribution in [0.1, 0.15) is 50.1 Å². The van der Waals surface area contributed by atoms with Crippen molar-refractivity contribution >= 4 is 40.8 Å². The molecule has 0 bridgehead atoms. The minimum Gasteiger partial charge on any atom is -0.332 e. The maximum Gasteiger partial charge on any atom is 0.318 e. The number of fused-ring (bicyclic) bond motifs is 2.